The number of benzene rings is 3. The van der Waals surface area contributed by atoms with Crippen molar-refractivity contribution >= 4 is 57.3 Å². The van der Waals surface area contributed by atoms with Crippen molar-refractivity contribution < 1.29 is 34.5 Å². The highest BCUT2D eigenvalue weighted by molar-refractivity contribution is 6.54. The minimum atomic E-state index is -2.17. The molecule has 0 unspecified atom stereocenters. The van der Waals surface area contributed by atoms with E-state index < -0.39 is 80.0 Å². The molecule has 4 aromatic rings. The number of aromatic amines is 1. The summed E-state index contributed by atoms with van der Waals surface area (Å²) in [7, 11) is 0. The molecule has 11 heteroatoms. The van der Waals surface area contributed by atoms with Crippen LogP contribution >= 0.6 is 11.6 Å². The van der Waals surface area contributed by atoms with Crippen LogP contribution in [0.2, 0.25) is 5.02 Å². The fourth-order valence-electron chi connectivity index (χ4n) is 7.03. The van der Waals surface area contributed by atoms with E-state index in [0.29, 0.717) is 5.69 Å². The molecule has 1 heterocycles. The zero-order chi connectivity index (χ0) is 33.4. The van der Waals surface area contributed by atoms with Gasteiger partial charge in [-0.1, -0.05) is 60.2 Å². The van der Waals surface area contributed by atoms with Crippen molar-refractivity contribution in [1.82, 2.24) is 4.98 Å². The lowest BCUT2D eigenvalue weighted by molar-refractivity contribution is 0.0790. The van der Waals surface area contributed by atoms with Crippen LogP contribution in [0.4, 0.5) is 0 Å². The molecule has 47 heavy (non-hydrogen) atoms. The monoisotopic (exact) mass is 648 g/mol. The van der Waals surface area contributed by atoms with Crippen LogP contribution in [0.25, 0.3) is 16.8 Å². The maximum atomic E-state index is 14.3. The second kappa shape index (κ2) is 10.7. The summed E-state index contributed by atoms with van der Waals surface area (Å²) >= 11 is 6.80. The average Bonchev–Trinajstić information content (AvgIpc) is 3.56. The number of halogens is 1. The Morgan fingerprint density at radius 3 is 2.28 bits per heavy atom. The molecule has 7 rings (SSSR count). The highest BCUT2D eigenvalue weighted by Crippen LogP contribution is 2.58. The Balaban J connectivity index is 1.40. The predicted octanol–water partition coefficient (Wildman–Crippen LogP) is 5.56. The van der Waals surface area contributed by atoms with Crippen molar-refractivity contribution in [3.63, 3.8) is 0 Å². The maximum absolute atomic E-state index is 14.3. The molecule has 3 aliphatic rings. The lowest BCUT2D eigenvalue weighted by Gasteiger charge is -2.23. The molecule has 0 bridgehead atoms. The number of phenolic OH excluding ortho intramolecular Hbond substituents is 3. The number of aliphatic imine (C=N–C) groups is 1. The van der Waals surface area contributed by atoms with Crippen LogP contribution < -0.4 is 5.56 Å². The summed E-state index contributed by atoms with van der Waals surface area (Å²) < 4.78 is 0. The number of rotatable bonds is 4. The van der Waals surface area contributed by atoms with Crippen molar-refractivity contribution in [3.8, 4) is 17.2 Å². The van der Waals surface area contributed by atoms with E-state index in [1.54, 1.807) is 54.6 Å². The smallest absolute Gasteiger partial charge is 0.260 e. The Kier molecular flexibility index (Phi) is 6.87. The van der Waals surface area contributed by atoms with Gasteiger partial charge in [-0.3, -0.25) is 29.0 Å². The molecule has 0 aliphatic heterocycles. The number of fused-ring (bicyclic) bond motifs is 5. The Morgan fingerprint density at radius 1 is 0.915 bits per heavy atom. The number of phenols is 3. The molecule has 3 aliphatic carbocycles. The lowest BCUT2D eigenvalue weighted by atomic mass is 9.76. The number of aromatic hydroxyl groups is 3. The van der Waals surface area contributed by atoms with Gasteiger partial charge in [-0.05, 0) is 43.0 Å². The van der Waals surface area contributed by atoms with Gasteiger partial charge in [-0.15, -0.1) is 0 Å². The van der Waals surface area contributed by atoms with E-state index in [-0.39, 0.29) is 52.0 Å². The van der Waals surface area contributed by atoms with Gasteiger partial charge in [0.2, 0.25) is 5.78 Å². The summed E-state index contributed by atoms with van der Waals surface area (Å²) in [6, 6.07) is 10.5. The second-order valence-corrected chi connectivity index (χ2v) is 12.1. The van der Waals surface area contributed by atoms with Gasteiger partial charge in [0.25, 0.3) is 5.56 Å². The SMILES string of the molecule is CC=CC=Cc1cc2c(Cl)c3c(c(O)c2c(=O)[nH]1)[C@@]1(CC3)C(=O)c2c(O)c3c(c(O)c2C1=O)C(=O)C(=NCc1ccccc1)CC3=O. The molecule has 0 saturated heterocycles. The minimum absolute atomic E-state index is 0.0368. The topological polar surface area (TPSA) is 174 Å². The molecule has 0 amide bonds. The fourth-order valence-corrected chi connectivity index (χ4v) is 7.36. The van der Waals surface area contributed by atoms with Crippen molar-refractivity contribution in [2.24, 2.45) is 4.99 Å². The molecule has 0 saturated carbocycles. The van der Waals surface area contributed by atoms with Crippen molar-refractivity contribution in [3.05, 3.63) is 115 Å². The number of carbonyl (C=O) groups is 4. The van der Waals surface area contributed by atoms with Crippen molar-refractivity contribution in [2.75, 3.05) is 0 Å². The molecule has 1 aromatic heterocycles. The Bertz CT molecular complexity index is 2300. The molecule has 1 spiro atoms. The number of nitrogens with one attached hydrogen (secondary N) is 1. The molecule has 0 fully saturated rings. The van der Waals surface area contributed by atoms with Crippen LogP contribution in [-0.4, -0.2) is 49.1 Å². The van der Waals surface area contributed by atoms with Gasteiger partial charge in [0.05, 0.1) is 51.3 Å². The van der Waals surface area contributed by atoms with Gasteiger partial charge in [-0.25, -0.2) is 0 Å². The quantitative estimate of drug-likeness (QED) is 0.126. The number of hydrogen-bond acceptors (Lipinski definition) is 9. The van der Waals surface area contributed by atoms with Crippen LogP contribution in [0.5, 0.6) is 17.2 Å². The Labute approximate surface area is 271 Å². The zero-order valence-electron chi connectivity index (χ0n) is 24.8. The van der Waals surface area contributed by atoms with Crippen molar-refractivity contribution in [2.45, 2.75) is 38.1 Å². The van der Waals surface area contributed by atoms with E-state index in [2.05, 4.69) is 9.98 Å². The first kappa shape index (κ1) is 30.1. The second-order valence-electron chi connectivity index (χ2n) is 11.7. The average molecular weight is 649 g/mol. The summed E-state index contributed by atoms with van der Waals surface area (Å²) in [5.41, 5.74) is -4.31. The minimum Gasteiger partial charge on any atom is -0.507 e. The molecular weight excluding hydrogens is 624 g/mol. The summed E-state index contributed by atoms with van der Waals surface area (Å²) in [6.45, 7) is 1.90. The maximum Gasteiger partial charge on any atom is 0.260 e. The van der Waals surface area contributed by atoms with Gasteiger partial charge in [0.15, 0.2) is 17.3 Å². The molecular formula is C36H25ClN2O8. The number of aromatic nitrogens is 1. The number of nitrogens with zero attached hydrogens (tertiary/aromatic N) is 1. The van der Waals surface area contributed by atoms with E-state index >= 15 is 0 Å². The fraction of sp³-hybridized carbons (Fsp3) is 0.167. The van der Waals surface area contributed by atoms with Gasteiger partial charge < -0.3 is 20.3 Å². The van der Waals surface area contributed by atoms with Crippen LogP contribution in [0, 0.1) is 0 Å². The summed E-state index contributed by atoms with van der Waals surface area (Å²) in [4.78, 5) is 75.7. The third-order valence-electron chi connectivity index (χ3n) is 9.15. The van der Waals surface area contributed by atoms with Gasteiger partial charge in [0, 0.05) is 16.6 Å². The number of pyridine rings is 1. The Hall–Kier alpha value is -5.61. The van der Waals surface area contributed by atoms with Crippen LogP contribution in [0.3, 0.4) is 0 Å². The normalized spacial score (nSPS) is 19.6. The molecule has 1 atom stereocenters. The van der Waals surface area contributed by atoms with Crippen LogP contribution in [0.1, 0.15) is 83.6 Å². The molecule has 0 radical (unpaired) electrons. The highest BCUT2D eigenvalue weighted by Gasteiger charge is 2.62. The number of ketones is 4. The Morgan fingerprint density at radius 2 is 1.60 bits per heavy atom. The van der Waals surface area contributed by atoms with E-state index in [1.165, 1.54) is 0 Å². The third-order valence-corrected chi connectivity index (χ3v) is 9.59. The number of allylic oxidation sites excluding steroid dienone is 3. The number of Topliss-reactive ketones (excluding diaryl/α,β-unsaturated/α-hetero) is 4. The van der Waals surface area contributed by atoms with E-state index in [4.69, 9.17) is 11.6 Å². The zero-order valence-corrected chi connectivity index (χ0v) is 25.6. The molecule has 4 N–H and O–H groups in total. The number of H-pyrrole nitrogens is 1. The summed E-state index contributed by atoms with van der Waals surface area (Å²) in [6.07, 6.45) is 6.23. The van der Waals surface area contributed by atoms with Crippen LogP contribution in [0.15, 0.2) is 64.4 Å². The number of carbonyl (C=O) groups excluding carboxylic acids is 4. The molecule has 234 valence electrons. The largest absolute Gasteiger partial charge is 0.507 e. The molecule has 10 nitrogen and oxygen atoms in total. The van der Waals surface area contributed by atoms with E-state index in [0.717, 1.165) is 5.56 Å². The first-order valence-corrected chi connectivity index (χ1v) is 15.2. The first-order chi connectivity index (χ1) is 22.5. The van der Waals surface area contributed by atoms with Crippen molar-refractivity contribution in [1.29, 1.82) is 0 Å². The standard InChI is InChI=1S/C36H25ClN2O8/c1-2-3-5-10-17-13-19-22(35(47)39-17)32(44)27-18(28(19)37)11-12-36(27)33(45)25-26(34(36)46)31(43)24-23(30(25)42)21(40)14-20(29(24)41)38-15-16-8-6-4-7-9-16/h2-10,13,42-44H,11-12,14-15H2,1H3,(H,39,47)/t36-/m0/s1. The van der Waals surface area contributed by atoms with Gasteiger partial charge >= 0.3 is 0 Å². The van der Waals surface area contributed by atoms with E-state index in [9.17, 15) is 39.3 Å². The van der Waals surface area contributed by atoms with Gasteiger partial charge in [-0.2, -0.15) is 0 Å². The molecule has 3 aromatic carbocycles. The predicted molar refractivity (Wildman–Crippen MR) is 174 cm³/mol. The van der Waals surface area contributed by atoms with Crippen LogP contribution in [-0.2, 0) is 18.4 Å². The summed E-state index contributed by atoms with van der Waals surface area (Å²) in [5, 5.41) is 34.4. The third kappa shape index (κ3) is 4.11. The lowest BCUT2D eigenvalue weighted by Crippen LogP contribution is -2.36. The summed E-state index contributed by atoms with van der Waals surface area (Å²) in [5.74, 6) is -6.07. The van der Waals surface area contributed by atoms with Gasteiger partial charge in [0.1, 0.15) is 22.7 Å². The highest BCUT2D eigenvalue weighted by atomic mass is 35.5. The first-order valence-electron chi connectivity index (χ1n) is 14.8. The number of hydrogen-bond donors (Lipinski definition) is 4. The van der Waals surface area contributed by atoms with E-state index in [1.807, 2.05) is 13.0 Å².